The Bertz CT molecular complexity index is 731. The minimum Gasteiger partial charge on any atom is -0.280 e. The van der Waals surface area contributed by atoms with E-state index in [0.717, 1.165) is 11.8 Å². The Balaban J connectivity index is 2.30. The minimum absolute atomic E-state index is 0.0213. The van der Waals surface area contributed by atoms with Gasteiger partial charge in [-0.25, -0.2) is 13.4 Å². The number of sulfonamides is 1. The number of rotatable bonds is 3. The second kappa shape index (κ2) is 5.08. The van der Waals surface area contributed by atoms with Crippen molar-refractivity contribution in [3.05, 3.63) is 53.9 Å². The number of nitriles is 1. The fourth-order valence-corrected chi connectivity index (χ4v) is 2.52. The lowest BCUT2D eigenvalue weighted by Crippen LogP contribution is -2.13. The molecule has 0 spiro atoms. The number of nitrogens with zero attached hydrogens (tertiary/aromatic N) is 2. The number of aromatic nitrogens is 1. The second-order valence-electron chi connectivity index (χ2n) is 3.97. The standard InChI is InChI=1S/C13H11N3O2S/c1-10-3-2-4-11(7-10)16-19(17,18)13-6-5-12(8-14)15-9-13/h2-7,9,16H,1H3. The maximum absolute atomic E-state index is 12.1. The molecule has 0 saturated carbocycles. The third-order valence-electron chi connectivity index (χ3n) is 2.43. The van der Waals surface area contributed by atoms with E-state index in [1.54, 1.807) is 18.2 Å². The molecule has 0 bridgehead atoms. The fourth-order valence-electron chi connectivity index (χ4n) is 1.53. The van der Waals surface area contributed by atoms with E-state index in [2.05, 4.69) is 9.71 Å². The molecule has 0 radical (unpaired) electrons. The van der Waals surface area contributed by atoms with Crippen molar-refractivity contribution in [2.24, 2.45) is 0 Å². The topological polar surface area (TPSA) is 82.9 Å². The first-order valence-corrected chi connectivity index (χ1v) is 6.95. The summed E-state index contributed by atoms with van der Waals surface area (Å²) >= 11 is 0. The highest BCUT2D eigenvalue weighted by Crippen LogP contribution is 2.16. The summed E-state index contributed by atoms with van der Waals surface area (Å²) in [5, 5.41) is 8.62. The summed E-state index contributed by atoms with van der Waals surface area (Å²) in [6.45, 7) is 1.88. The average Bonchev–Trinajstić information content (AvgIpc) is 2.38. The Labute approximate surface area is 111 Å². The van der Waals surface area contributed by atoms with Gasteiger partial charge in [-0.15, -0.1) is 0 Å². The molecule has 2 rings (SSSR count). The molecule has 5 nitrogen and oxygen atoms in total. The number of benzene rings is 1. The van der Waals surface area contributed by atoms with Crippen LogP contribution >= 0.6 is 0 Å². The van der Waals surface area contributed by atoms with Gasteiger partial charge in [-0.2, -0.15) is 5.26 Å². The molecule has 0 unspecified atom stereocenters. The van der Waals surface area contributed by atoms with Crippen LogP contribution in [0.2, 0.25) is 0 Å². The Morgan fingerprint density at radius 1 is 1.26 bits per heavy atom. The number of aryl methyl sites for hydroxylation is 1. The van der Waals surface area contributed by atoms with Crippen molar-refractivity contribution in [1.29, 1.82) is 5.26 Å². The lowest BCUT2D eigenvalue weighted by molar-refractivity contribution is 0.601. The molecule has 0 saturated heterocycles. The molecule has 1 N–H and O–H groups in total. The molecule has 0 aliphatic heterocycles. The van der Waals surface area contributed by atoms with Crippen LogP contribution in [0.15, 0.2) is 47.5 Å². The van der Waals surface area contributed by atoms with E-state index >= 15 is 0 Å². The lowest BCUT2D eigenvalue weighted by Gasteiger charge is -2.08. The fraction of sp³-hybridized carbons (Fsp3) is 0.0769. The van der Waals surface area contributed by atoms with Crippen molar-refractivity contribution in [2.45, 2.75) is 11.8 Å². The van der Waals surface area contributed by atoms with Crippen LogP contribution in [-0.4, -0.2) is 13.4 Å². The summed E-state index contributed by atoms with van der Waals surface area (Å²) in [4.78, 5) is 3.76. The largest absolute Gasteiger partial charge is 0.280 e. The Hall–Kier alpha value is -2.39. The number of pyridine rings is 1. The molecule has 0 atom stereocenters. The zero-order valence-electron chi connectivity index (χ0n) is 10.2. The molecule has 0 fully saturated rings. The van der Waals surface area contributed by atoms with E-state index in [-0.39, 0.29) is 10.6 Å². The zero-order valence-corrected chi connectivity index (χ0v) is 11.0. The highest BCUT2D eigenvalue weighted by Gasteiger charge is 2.14. The van der Waals surface area contributed by atoms with Crippen molar-refractivity contribution in [3.63, 3.8) is 0 Å². The van der Waals surface area contributed by atoms with Gasteiger partial charge in [0.05, 0.1) is 0 Å². The van der Waals surface area contributed by atoms with Gasteiger partial charge in [0, 0.05) is 11.9 Å². The molecule has 1 heterocycles. The van der Waals surface area contributed by atoms with Crippen molar-refractivity contribution >= 4 is 15.7 Å². The van der Waals surface area contributed by atoms with Gasteiger partial charge in [0.15, 0.2) is 0 Å². The summed E-state index contributed by atoms with van der Waals surface area (Å²) < 4.78 is 26.6. The Morgan fingerprint density at radius 2 is 2.05 bits per heavy atom. The van der Waals surface area contributed by atoms with Gasteiger partial charge >= 0.3 is 0 Å². The van der Waals surface area contributed by atoms with Crippen molar-refractivity contribution in [2.75, 3.05) is 4.72 Å². The highest BCUT2D eigenvalue weighted by atomic mass is 32.2. The first kappa shape index (κ1) is 13.1. The molecule has 0 aliphatic carbocycles. The summed E-state index contributed by atoms with van der Waals surface area (Å²) in [6.07, 6.45) is 1.16. The first-order valence-electron chi connectivity index (χ1n) is 5.47. The maximum atomic E-state index is 12.1. The van der Waals surface area contributed by atoms with Crippen LogP contribution in [0, 0.1) is 18.3 Å². The number of nitrogens with one attached hydrogen (secondary N) is 1. The normalized spacial score (nSPS) is 10.7. The van der Waals surface area contributed by atoms with E-state index in [9.17, 15) is 8.42 Å². The molecule has 1 aromatic carbocycles. The van der Waals surface area contributed by atoms with Gasteiger partial charge in [0.25, 0.3) is 10.0 Å². The molecule has 0 amide bonds. The molecule has 1 aromatic heterocycles. The van der Waals surface area contributed by atoms with E-state index < -0.39 is 10.0 Å². The van der Waals surface area contributed by atoms with Gasteiger partial charge in [0.2, 0.25) is 0 Å². The Morgan fingerprint density at radius 3 is 2.63 bits per heavy atom. The van der Waals surface area contributed by atoms with Gasteiger partial charge in [-0.1, -0.05) is 12.1 Å². The van der Waals surface area contributed by atoms with Gasteiger partial charge in [0.1, 0.15) is 16.7 Å². The zero-order chi connectivity index (χ0) is 13.9. The van der Waals surface area contributed by atoms with E-state index in [1.807, 2.05) is 19.1 Å². The van der Waals surface area contributed by atoms with Crippen LogP contribution in [0.1, 0.15) is 11.3 Å². The van der Waals surface area contributed by atoms with E-state index in [4.69, 9.17) is 5.26 Å². The van der Waals surface area contributed by atoms with Crippen LogP contribution in [-0.2, 0) is 10.0 Å². The SMILES string of the molecule is Cc1cccc(NS(=O)(=O)c2ccc(C#N)nc2)c1. The highest BCUT2D eigenvalue weighted by molar-refractivity contribution is 7.92. The molecule has 96 valence electrons. The summed E-state index contributed by atoms with van der Waals surface area (Å²) in [5.74, 6) is 0. The van der Waals surface area contributed by atoms with Crippen LogP contribution in [0.5, 0.6) is 0 Å². The van der Waals surface area contributed by atoms with E-state index in [0.29, 0.717) is 5.69 Å². The molecule has 2 aromatic rings. The summed E-state index contributed by atoms with van der Waals surface area (Å²) in [5.41, 5.74) is 1.62. The summed E-state index contributed by atoms with van der Waals surface area (Å²) in [7, 11) is -3.68. The molecule has 0 aliphatic rings. The van der Waals surface area contributed by atoms with Crippen LogP contribution < -0.4 is 4.72 Å². The average molecular weight is 273 g/mol. The smallest absolute Gasteiger partial charge is 0.263 e. The summed E-state index contributed by atoms with van der Waals surface area (Å²) in [6, 6.07) is 11.6. The predicted octanol–water partition coefficient (Wildman–Crippen LogP) is 2.06. The quantitative estimate of drug-likeness (QED) is 0.927. The second-order valence-corrected chi connectivity index (χ2v) is 5.65. The third-order valence-corrected chi connectivity index (χ3v) is 3.80. The van der Waals surface area contributed by atoms with Gasteiger partial charge in [-0.3, -0.25) is 4.72 Å². The van der Waals surface area contributed by atoms with Gasteiger partial charge < -0.3 is 0 Å². The predicted molar refractivity (Wildman–Crippen MR) is 70.9 cm³/mol. The van der Waals surface area contributed by atoms with Crippen LogP contribution in [0.25, 0.3) is 0 Å². The monoisotopic (exact) mass is 273 g/mol. The van der Waals surface area contributed by atoms with Crippen molar-refractivity contribution in [1.82, 2.24) is 4.98 Å². The third kappa shape index (κ3) is 3.09. The lowest BCUT2D eigenvalue weighted by atomic mass is 10.2. The molecule has 6 heteroatoms. The van der Waals surface area contributed by atoms with Crippen LogP contribution in [0.3, 0.4) is 0 Å². The van der Waals surface area contributed by atoms with E-state index in [1.165, 1.54) is 12.1 Å². The van der Waals surface area contributed by atoms with Gasteiger partial charge in [-0.05, 0) is 36.8 Å². The van der Waals surface area contributed by atoms with Crippen LogP contribution in [0.4, 0.5) is 5.69 Å². The van der Waals surface area contributed by atoms with Crippen molar-refractivity contribution < 1.29 is 8.42 Å². The number of hydrogen-bond acceptors (Lipinski definition) is 4. The van der Waals surface area contributed by atoms with Crippen molar-refractivity contribution in [3.8, 4) is 6.07 Å². The first-order chi connectivity index (χ1) is 9.01. The molecular weight excluding hydrogens is 262 g/mol. The molecular formula is C13H11N3O2S. The number of hydrogen-bond donors (Lipinski definition) is 1. The number of anilines is 1. The molecule has 19 heavy (non-hydrogen) atoms. The maximum Gasteiger partial charge on any atom is 0.263 e. The Kier molecular flexibility index (Phi) is 3.49. The minimum atomic E-state index is -3.68.